The van der Waals surface area contributed by atoms with Crippen molar-refractivity contribution in [2.45, 2.75) is 6.92 Å². The lowest BCUT2D eigenvalue weighted by Crippen LogP contribution is -2.15. The number of nitrogens with zero attached hydrogens (tertiary/aromatic N) is 2. The second-order valence-electron chi connectivity index (χ2n) is 3.92. The van der Waals surface area contributed by atoms with Crippen molar-refractivity contribution in [1.29, 1.82) is 0 Å². The van der Waals surface area contributed by atoms with Crippen LogP contribution < -0.4 is 10.6 Å². The van der Waals surface area contributed by atoms with Crippen LogP contribution in [0.1, 0.15) is 16.1 Å². The van der Waals surface area contributed by atoms with Crippen LogP contribution in [0.25, 0.3) is 0 Å². The Bertz CT molecular complexity index is 578. The molecule has 19 heavy (non-hydrogen) atoms. The molecule has 1 aromatic heterocycles. The summed E-state index contributed by atoms with van der Waals surface area (Å²) < 4.78 is 0. The van der Waals surface area contributed by atoms with E-state index in [0.29, 0.717) is 16.5 Å². The molecule has 0 radical (unpaired) electrons. The number of benzene rings is 1. The van der Waals surface area contributed by atoms with E-state index in [1.165, 1.54) is 12.4 Å². The van der Waals surface area contributed by atoms with E-state index in [-0.39, 0.29) is 11.6 Å². The van der Waals surface area contributed by atoms with Crippen LogP contribution >= 0.6 is 11.6 Å². The van der Waals surface area contributed by atoms with Crippen molar-refractivity contribution in [2.75, 3.05) is 17.7 Å². The highest BCUT2D eigenvalue weighted by Gasteiger charge is 2.11. The largest absolute Gasteiger partial charge is 0.372 e. The molecule has 2 N–H and O–H groups in total. The summed E-state index contributed by atoms with van der Waals surface area (Å²) in [7, 11) is 1.73. The monoisotopic (exact) mass is 276 g/mol. The van der Waals surface area contributed by atoms with Crippen molar-refractivity contribution < 1.29 is 4.79 Å². The summed E-state index contributed by atoms with van der Waals surface area (Å²) >= 11 is 6.05. The van der Waals surface area contributed by atoms with Gasteiger partial charge in [-0.3, -0.25) is 4.79 Å². The van der Waals surface area contributed by atoms with Gasteiger partial charge in [0.1, 0.15) is 11.5 Å². The fourth-order valence-corrected chi connectivity index (χ4v) is 1.81. The van der Waals surface area contributed by atoms with Crippen LogP contribution in [-0.4, -0.2) is 22.9 Å². The minimum Gasteiger partial charge on any atom is -0.372 e. The third-order valence-electron chi connectivity index (χ3n) is 2.60. The normalized spacial score (nSPS) is 10.1. The number of hydrogen-bond acceptors (Lipinski definition) is 4. The van der Waals surface area contributed by atoms with Gasteiger partial charge in [-0.25, -0.2) is 9.97 Å². The minimum absolute atomic E-state index is 0.235. The van der Waals surface area contributed by atoms with Crippen LogP contribution in [-0.2, 0) is 0 Å². The summed E-state index contributed by atoms with van der Waals surface area (Å²) in [5, 5.41) is 6.07. The second kappa shape index (κ2) is 5.67. The lowest BCUT2D eigenvalue weighted by molar-refractivity contribution is 0.102. The van der Waals surface area contributed by atoms with Crippen LogP contribution in [0.3, 0.4) is 0 Å². The van der Waals surface area contributed by atoms with Crippen LogP contribution in [0.15, 0.2) is 30.6 Å². The molecule has 0 aliphatic rings. The number of hydrogen-bond donors (Lipinski definition) is 2. The maximum atomic E-state index is 12.0. The molecule has 0 saturated heterocycles. The Kier molecular flexibility index (Phi) is 3.97. The van der Waals surface area contributed by atoms with Crippen molar-refractivity contribution in [1.82, 2.24) is 9.97 Å². The van der Waals surface area contributed by atoms with E-state index in [1.54, 1.807) is 13.1 Å². The number of nitrogens with one attached hydrogen (secondary N) is 2. The molecular formula is C13H13ClN4O. The van der Waals surface area contributed by atoms with E-state index < -0.39 is 0 Å². The lowest BCUT2D eigenvalue weighted by Gasteiger charge is -2.09. The van der Waals surface area contributed by atoms with Gasteiger partial charge in [-0.15, -0.1) is 0 Å². The summed E-state index contributed by atoms with van der Waals surface area (Å²) in [6.45, 7) is 1.87. The number of carbonyl (C=O) groups is 1. The molecule has 0 saturated carbocycles. The number of rotatable bonds is 3. The molecule has 0 bridgehead atoms. The van der Waals surface area contributed by atoms with Gasteiger partial charge < -0.3 is 10.6 Å². The third kappa shape index (κ3) is 3.00. The Morgan fingerprint density at radius 3 is 2.63 bits per heavy atom. The van der Waals surface area contributed by atoms with Gasteiger partial charge in [-0.05, 0) is 18.6 Å². The molecule has 1 aromatic carbocycles. The van der Waals surface area contributed by atoms with Gasteiger partial charge in [0.25, 0.3) is 5.91 Å². The molecule has 1 amide bonds. The quantitative estimate of drug-likeness (QED) is 0.905. The highest BCUT2D eigenvalue weighted by Crippen LogP contribution is 2.25. The Morgan fingerprint density at radius 1 is 1.26 bits per heavy atom. The smallest absolute Gasteiger partial charge is 0.275 e. The molecule has 0 aliphatic carbocycles. The Labute approximate surface area is 116 Å². The Balaban J connectivity index is 2.20. The number of aryl methyl sites for hydroxylation is 1. The Morgan fingerprint density at radius 2 is 2.05 bits per heavy atom. The van der Waals surface area contributed by atoms with Gasteiger partial charge in [-0.1, -0.05) is 23.7 Å². The topological polar surface area (TPSA) is 66.9 Å². The third-order valence-corrected chi connectivity index (χ3v) is 2.92. The van der Waals surface area contributed by atoms with E-state index >= 15 is 0 Å². The molecule has 98 valence electrons. The molecule has 2 aromatic rings. The number of aromatic nitrogens is 2. The average molecular weight is 277 g/mol. The standard InChI is InChI=1S/C13H13ClN4O/c1-8-4-3-5-9(14)12(8)18-13(19)10-6-17-11(15-2)7-16-10/h3-7H,1-2H3,(H,15,17)(H,18,19). The van der Waals surface area contributed by atoms with Crippen molar-refractivity contribution in [2.24, 2.45) is 0 Å². The van der Waals surface area contributed by atoms with E-state index in [1.807, 2.05) is 19.1 Å². The maximum absolute atomic E-state index is 12.0. The summed E-state index contributed by atoms with van der Waals surface area (Å²) in [5.74, 6) is 0.261. The van der Waals surface area contributed by atoms with Gasteiger partial charge in [0, 0.05) is 7.05 Å². The zero-order valence-corrected chi connectivity index (χ0v) is 11.3. The van der Waals surface area contributed by atoms with E-state index in [2.05, 4.69) is 20.6 Å². The molecule has 0 fully saturated rings. The van der Waals surface area contributed by atoms with Gasteiger partial charge in [0.05, 0.1) is 23.1 Å². The van der Waals surface area contributed by atoms with Crippen LogP contribution in [0.5, 0.6) is 0 Å². The van der Waals surface area contributed by atoms with Crippen LogP contribution in [0, 0.1) is 6.92 Å². The maximum Gasteiger partial charge on any atom is 0.275 e. The number of halogens is 1. The number of para-hydroxylation sites is 1. The van der Waals surface area contributed by atoms with Gasteiger partial charge in [-0.2, -0.15) is 0 Å². The number of amides is 1. The zero-order valence-electron chi connectivity index (χ0n) is 10.6. The highest BCUT2D eigenvalue weighted by atomic mass is 35.5. The zero-order chi connectivity index (χ0) is 13.8. The highest BCUT2D eigenvalue weighted by molar-refractivity contribution is 6.34. The molecule has 2 rings (SSSR count). The Hall–Kier alpha value is -2.14. The van der Waals surface area contributed by atoms with Crippen molar-refractivity contribution in [3.63, 3.8) is 0 Å². The minimum atomic E-state index is -0.341. The molecule has 0 unspecified atom stereocenters. The van der Waals surface area contributed by atoms with Crippen molar-refractivity contribution in [3.05, 3.63) is 46.9 Å². The average Bonchev–Trinajstić information content (AvgIpc) is 2.43. The van der Waals surface area contributed by atoms with Crippen molar-refractivity contribution >= 4 is 29.0 Å². The van der Waals surface area contributed by atoms with Gasteiger partial charge in [0.15, 0.2) is 0 Å². The molecular weight excluding hydrogens is 264 g/mol. The van der Waals surface area contributed by atoms with Crippen LogP contribution in [0.2, 0.25) is 5.02 Å². The van der Waals surface area contributed by atoms with E-state index in [0.717, 1.165) is 5.56 Å². The number of carbonyl (C=O) groups excluding carboxylic acids is 1. The lowest BCUT2D eigenvalue weighted by atomic mass is 10.2. The molecule has 6 heteroatoms. The molecule has 5 nitrogen and oxygen atoms in total. The SMILES string of the molecule is CNc1cnc(C(=O)Nc2c(C)cccc2Cl)cn1. The first kappa shape index (κ1) is 13.3. The first-order valence-electron chi connectivity index (χ1n) is 5.68. The van der Waals surface area contributed by atoms with Crippen molar-refractivity contribution in [3.8, 4) is 0 Å². The van der Waals surface area contributed by atoms with E-state index in [9.17, 15) is 4.79 Å². The molecule has 1 heterocycles. The fourth-order valence-electron chi connectivity index (χ4n) is 1.54. The predicted octanol–water partition coefficient (Wildman–Crippen LogP) is 2.73. The molecule has 0 atom stereocenters. The summed E-state index contributed by atoms with van der Waals surface area (Å²) in [6, 6.07) is 5.42. The fraction of sp³-hybridized carbons (Fsp3) is 0.154. The molecule has 0 aliphatic heterocycles. The summed E-state index contributed by atoms with van der Waals surface area (Å²) in [6.07, 6.45) is 2.90. The van der Waals surface area contributed by atoms with Gasteiger partial charge in [0.2, 0.25) is 0 Å². The van der Waals surface area contributed by atoms with E-state index in [4.69, 9.17) is 11.6 Å². The summed E-state index contributed by atoms with van der Waals surface area (Å²) in [4.78, 5) is 20.1. The first-order chi connectivity index (χ1) is 9.11. The first-order valence-corrected chi connectivity index (χ1v) is 6.06. The van der Waals surface area contributed by atoms with Crippen LogP contribution in [0.4, 0.5) is 11.5 Å². The second-order valence-corrected chi connectivity index (χ2v) is 4.33. The summed E-state index contributed by atoms with van der Waals surface area (Å²) in [5.41, 5.74) is 1.72. The molecule has 0 spiro atoms. The number of anilines is 2. The predicted molar refractivity (Wildman–Crippen MR) is 75.7 cm³/mol. The van der Waals surface area contributed by atoms with Gasteiger partial charge >= 0.3 is 0 Å².